The highest BCUT2D eigenvalue weighted by molar-refractivity contribution is 6.35. The number of nitrogens with zero attached hydrogens (tertiary/aromatic N) is 2. The third kappa shape index (κ3) is 1.97. The van der Waals surface area contributed by atoms with Crippen molar-refractivity contribution in [2.24, 2.45) is 5.92 Å². The molecule has 22 heavy (non-hydrogen) atoms. The summed E-state index contributed by atoms with van der Waals surface area (Å²) >= 11 is 6.33. The molecule has 3 fully saturated rings. The fourth-order valence-electron chi connectivity index (χ4n) is 4.20. The second kappa shape index (κ2) is 4.87. The lowest BCUT2D eigenvalue weighted by Gasteiger charge is -2.56. The fraction of sp³-hybridized carbons (Fsp3) is 0.588. The van der Waals surface area contributed by atoms with Crippen LogP contribution >= 0.6 is 11.6 Å². The van der Waals surface area contributed by atoms with Crippen molar-refractivity contribution in [3.05, 3.63) is 22.7 Å². The van der Waals surface area contributed by atoms with Crippen LogP contribution in [0.4, 0.5) is 5.82 Å². The van der Waals surface area contributed by atoms with E-state index in [4.69, 9.17) is 16.1 Å². The highest BCUT2D eigenvalue weighted by Gasteiger charge is 2.47. The summed E-state index contributed by atoms with van der Waals surface area (Å²) in [6, 6.07) is 4.46. The molecule has 1 atom stereocenters. The van der Waals surface area contributed by atoms with E-state index >= 15 is 0 Å². The molecular formula is C17H22ClN3O. The van der Waals surface area contributed by atoms with Crippen LogP contribution in [-0.2, 0) is 0 Å². The van der Waals surface area contributed by atoms with E-state index < -0.39 is 0 Å². The number of fused-ring (bicyclic) bond motifs is 4. The van der Waals surface area contributed by atoms with Gasteiger partial charge in [-0.15, -0.1) is 0 Å². The maximum absolute atomic E-state index is 6.33. The molecule has 0 spiro atoms. The van der Waals surface area contributed by atoms with Gasteiger partial charge in [-0.3, -0.25) is 4.90 Å². The second-order valence-electron chi connectivity index (χ2n) is 7.20. The number of hydrogen-bond donors (Lipinski definition) is 1. The average molecular weight is 320 g/mol. The zero-order valence-corrected chi connectivity index (χ0v) is 14.1. The fourth-order valence-corrected chi connectivity index (χ4v) is 4.40. The number of aryl methyl sites for hydroxylation is 1. The Hall–Kier alpha value is -1.26. The van der Waals surface area contributed by atoms with Crippen LogP contribution in [0.5, 0.6) is 0 Å². The van der Waals surface area contributed by atoms with Gasteiger partial charge < -0.3 is 9.84 Å². The van der Waals surface area contributed by atoms with Crippen molar-refractivity contribution in [2.75, 3.05) is 18.4 Å². The molecule has 4 heterocycles. The van der Waals surface area contributed by atoms with Crippen LogP contribution in [-0.4, -0.2) is 34.7 Å². The van der Waals surface area contributed by atoms with Crippen molar-refractivity contribution in [2.45, 2.75) is 45.2 Å². The van der Waals surface area contributed by atoms with E-state index in [0.717, 1.165) is 16.8 Å². The van der Waals surface area contributed by atoms with Gasteiger partial charge in [-0.2, -0.15) is 0 Å². The molecule has 5 heteroatoms. The first-order valence-electron chi connectivity index (χ1n) is 8.04. The van der Waals surface area contributed by atoms with Crippen LogP contribution in [0.25, 0.3) is 11.0 Å². The van der Waals surface area contributed by atoms with Gasteiger partial charge in [0, 0.05) is 11.6 Å². The predicted molar refractivity (Wildman–Crippen MR) is 89.5 cm³/mol. The molecule has 4 nitrogen and oxygen atoms in total. The maximum Gasteiger partial charge on any atom is 0.187 e. The highest BCUT2D eigenvalue weighted by Crippen LogP contribution is 2.41. The predicted octanol–water partition coefficient (Wildman–Crippen LogP) is 4.07. The van der Waals surface area contributed by atoms with Crippen LogP contribution < -0.4 is 5.32 Å². The van der Waals surface area contributed by atoms with Crippen LogP contribution in [0, 0.1) is 12.8 Å². The molecule has 3 aliphatic heterocycles. The van der Waals surface area contributed by atoms with Crippen molar-refractivity contribution in [1.82, 2.24) is 10.1 Å². The number of benzene rings is 1. The van der Waals surface area contributed by atoms with Crippen LogP contribution in [0.2, 0.25) is 5.02 Å². The zero-order chi connectivity index (χ0) is 15.5. The Morgan fingerprint density at radius 3 is 2.73 bits per heavy atom. The van der Waals surface area contributed by atoms with Gasteiger partial charge >= 0.3 is 0 Å². The maximum atomic E-state index is 6.33. The third-order valence-electron chi connectivity index (χ3n) is 5.65. The molecule has 0 aliphatic carbocycles. The summed E-state index contributed by atoms with van der Waals surface area (Å²) in [6.45, 7) is 9.06. The van der Waals surface area contributed by atoms with Crippen molar-refractivity contribution in [3.8, 4) is 0 Å². The standard InChI is InChI=1S/C17H22ClN3O/c1-10-4-5-12-14(13(10)18)22-20-16(12)19-15-11-6-8-21(9-7-11)17(15,2)3/h4-5,11,15H,6-9H2,1-3H3,(H,19,20). The molecule has 1 unspecified atom stereocenters. The van der Waals surface area contributed by atoms with Crippen LogP contribution in [0.15, 0.2) is 16.7 Å². The summed E-state index contributed by atoms with van der Waals surface area (Å²) in [5.41, 5.74) is 1.84. The minimum atomic E-state index is 0.140. The summed E-state index contributed by atoms with van der Waals surface area (Å²) in [7, 11) is 0. The lowest BCUT2D eigenvalue weighted by atomic mass is 9.72. The molecular weight excluding hydrogens is 298 g/mol. The van der Waals surface area contributed by atoms with Crippen molar-refractivity contribution in [3.63, 3.8) is 0 Å². The molecule has 0 radical (unpaired) electrons. The largest absolute Gasteiger partial charge is 0.362 e. The van der Waals surface area contributed by atoms with Gasteiger partial charge in [0.2, 0.25) is 0 Å². The lowest BCUT2D eigenvalue weighted by molar-refractivity contribution is -0.0189. The monoisotopic (exact) mass is 319 g/mol. The molecule has 0 amide bonds. The molecule has 1 N–H and O–H groups in total. The minimum Gasteiger partial charge on any atom is -0.362 e. The van der Waals surface area contributed by atoms with Gasteiger partial charge in [0.05, 0.1) is 10.4 Å². The summed E-state index contributed by atoms with van der Waals surface area (Å²) < 4.78 is 5.49. The Morgan fingerprint density at radius 2 is 2.05 bits per heavy atom. The van der Waals surface area contributed by atoms with Gasteiger partial charge in [0.25, 0.3) is 0 Å². The molecule has 1 aromatic heterocycles. The number of halogens is 1. The Morgan fingerprint density at radius 1 is 1.32 bits per heavy atom. The average Bonchev–Trinajstić information content (AvgIpc) is 2.91. The Balaban J connectivity index is 1.70. The topological polar surface area (TPSA) is 41.3 Å². The first-order chi connectivity index (χ1) is 10.5. The summed E-state index contributed by atoms with van der Waals surface area (Å²) in [5.74, 6) is 1.52. The first-order valence-corrected chi connectivity index (χ1v) is 8.42. The summed E-state index contributed by atoms with van der Waals surface area (Å²) in [4.78, 5) is 2.59. The van der Waals surface area contributed by atoms with E-state index in [2.05, 4.69) is 29.2 Å². The van der Waals surface area contributed by atoms with Crippen LogP contribution in [0.1, 0.15) is 32.3 Å². The van der Waals surface area contributed by atoms with Gasteiger partial charge in [0.15, 0.2) is 11.4 Å². The van der Waals surface area contributed by atoms with Crippen molar-refractivity contribution >= 4 is 28.4 Å². The molecule has 118 valence electrons. The highest BCUT2D eigenvalue weighted by atomic mass is 35.5. The first kappa shape index (κ1) is 14.3. The van der Waals surface area contributed by atoms with E-state index in [0.29, 0.717) is 22.6 Å². The molecule has 3 saturated heterocycles. The quantitative estimate of drug-likeness (QED) is 0.905. The molecule has 3 aliphatic rings. The molecule has 2 bridgehead atoms. The SMILES string of the molecule is Cc1ccc2c(NC3C4CCN(CC4)C3(C)C)noc2c1Cl. The van der Waals surface area contributed by atoms with Gasteiger partial charge in [-0.25, -0.2) is 0 Å². The second-order valence-corrected chi connectivity index (χ2v) is 7.58. The van der Waals surface area contributed by atoms with Gasteiger partial charge in [-0.05, 0) is 64.3 Å². The Bertz CT molecular complexity index is 716. The van der Waals surface area contributed by atoms with Crippen LogP contribution in [0.3, 0.4) is 0 Å². The number of anilines is 1. The van der Waals surface area contributed by atoms with E-state index in [1.165, 1.54) is 25.9 Å². The summed E-state index contributed by atoms with van der Waals surface area (Å²) in [5, 5.41) is 9.55. The van der Waals surface area contributed by atoms with Crippen molar-refractivity contribution in [1.29, 1.82) is 0 Å². The smallest absolute Gasteiger partial charge is 0.187 e. The Labute approximate surface area is 135 Å². The zero-order valence-electron chi connectivity index (χ0n) is 13.3. The van der Waals surface area contributed by atoms with E-state index in [1.54, 1.807) is 0 Å². The summed E-state index contributed by atoms with van der Waals surface area (Å²) in [6.07, 6.45) is 2.52. The molecule has 0 saturated carbocycles. The number of aromatic nitrogens is 1. The van der Waals surface area contributed by atoms with Crippen molar-refractivity contribution < 1.29 is 4.52 Å². The van der Waals surface area contributed by atoms with Gasteiger partial charge in [0.1, 0.15) is 0 Å². The molecule has 5 rings (SSSR count). The number of piperidine rings is 3. The number of rotatable bonds is 2. The third-order valence-corrected chi connectivity index (χ3v) is 6.12. The normalized spacial score (nSPS) is 29.9. The van der Waals surface area contributed by atoms with E-state index in [9.17, 15) is 0 Å². The molecule has 1 aromatic carbocycles. The molecule has 2 aromatic rings. The Kier molecular flexibility index (Phi) is 3.17. The van der Waals surface area contributed by atoms with Gasteiger partial charge in [-0.1, -0.05) is 22.8 Å². The number of hydrogen-bond acceptors (Lipinski definition) is 4. The van der Waals surface area contributed by atoms with E-state index in [-0.39, 0.29) is 5.54 Å². The lowest BCUT2D eigenvalue weighted by Crippen LogP contribution is -2.66. The minimum absolute atomic E-state index is 0.140. The number of nitrogens with one attached hydrogen (secondary N) is 1. The van der Waals surface area contributed by atoms with E-state index in [1.807, 2.05) is 19.1 Å².